The van der Waals surface area contributed by atoms with Gasteiger partial charge in [-0.1, -0.05) is 41.9 Å². The highest BCUT2D eigenvalue weighted by molar-refractivity contribution is 6.38. The summed E-state index contributed by atoms with van der Waals surface area (Å²) in [6.07, 6.45) is 0.875. The van der Waals surface area contributed by atoms with E-state index in [0.717, 1.165) is 28.1 Å². The van der Waals surface area contributed by atoms with Crippen LogP contribution in [0.15, 0.2) is 66.7 Å². The maximum absolute atomic E-state index is 13.2. The Bertz CT molecular complexity index is 1420. The molecule has 0 aliphatic carbocycles. The normalized spacial score (nSPS) is 13.6. The lowest BCUT2D eigenvalue weighted by Gasteiger charge is -2.20. The number of aliphatic carboxylic acids is 1. The molecule has 4 rings (SSSR count). The first kappa shape index (κ1) is 27.9. The third kappa shape index (κ3) is 6.85. The Balaban J connectivity index is 1.66. The number of aryl methyl sites for hydroxylation is 1. The molecule has 0 bridgehead atoms. The summed E-state index contributed by atoms with van der Waals surface area (Å²) in [4.78, 5) is 40.3. The summed E-state index contributed by atoms with van der Waals surface area (Å²) in [6, 6.07) is 20.2. The first-order valence-electron chi connectivity index (χ1n) is 12.6. The number of amides is 2. The Morgan fingerprint density at radius 2 is 1.64 bits per heavy atom. The van der Waals surface area contributed by atoms with Crippen LogP contribution in [-0.2, 0) is 20.8 Å². The van der Waals surface area contributed by atoms with Crippen LogP contribution in [-0.4, -0.2) is 55.5 Å². The Morgan fingerprint density at radius 1 is 0.949 bits per heavy atom. The van der Waals surface area contributed by atoms with E-state index >= 15 is 0 Å². The lowest BCUT2D eigenvalue weighted by atomic mass is 9.98. The fraction of sp³-hybridized carbons (Fsp3) is 0.233. The molecule has 0 aromatic heterocycles. The summed E-state index contributed by atoms with van der Waals surface area (Å²) in [5, 5.41) is 15.8. The molecule has 202 valence electrons. The van der Waals surface area contributed by atoms with Crippen molar-refractivity contribution in [3.8, 4) is 0 Å². The minimum Gasteiger partial charge on any atom is -0.481 e. The second-order valence-electron chi connectivity index (χ2n) is 9.66. The highest BCUT2D eigenvalue weighted by atomic mass is 35.5. The zero-order valence-corrected chi connectivity index (χ0v) is 22.9. The van der Waals surface area contributed by atoms with Crippen molar-refractivity contribution in [2.24, 2.45) is 0 Å². The number of hydrogen-bond donors (Lipinski definition) is 3. The van der Waals surface area contributed by atoms with E-state index < -0.39 is 5.97 Å². The summed E-state index contributed by atoms with van der Waals surface area (Å²) >= 11 is 6.16. The van der Waals surface area contributed by atoms with Gasteiger partial charge in [0.2, 0.25) is 5.91 Å². The van der Waals surface area contributed by atoms with Crippen LogP contribution in [0.2, 0.25) is 5.02 Å². The van der Waals surface area contributed by atoms with Crippen LogP contribution >= 0.6 is 11.6 Å². The summed E-state index contributed by atoms with van der Waals surface area (Å²) in [5.41, 5.74) is 5.58. The molecule has 1 aliphatic heterocycles. The van der Waals surface area contributed by atoms with Gasteiger partial charge in [0.1, 0.15) is 0 Å². The van der Waals surface area contributed by atoms with Crippen LogP contribution in [0, 0.1) is 0 Å². The smallest absolute Gasteiger partial charge is 0.303 e. The van der Waals surface area contributed by atoms with Crippen molar-refractivity contribution in [1.29, 1.82) is 0 Å². The molecule has 0 fully saturated rings. The molecule has 8 nitrogen and oxygen atoms in total. The van der Waals surface area contributed by atoms with E-state index in [-0.39, 0.29) is 18.2 Å². The molecule has 0 atom stereocenters. The first-order valence-corrected chi connectivity index (χ1v) is 12.9. The summed E-state index contributed by atoms with van der Waals surface area (Å²) < 4.78 is 0. The van der Waals surface area contributed by atoms with Gasteiger partial charge in [-0.15, -0.1) is 0 Å². The van der Waals surface area contributed by atoms with Gasteiger partial charge in [0.05, 0.1) is 17.0 Å². The maximum Gasteiger partial charge on any atom is 0.303 e. The SMILES string of the molecule is CN(C)CCC(=O)N(C)c1ccc(N/C(=C2\C(=O)Nc3cc(Cl)ccc32)c2ccc(CCC(=O)O)cc2)cc1. The Kier molecular flexibility index (Phi) is 8.69. The Labute approximate surface area is 232 Å². The fourth-order valence-electron chi connectivity index (χ4n) is 4.31. The molecule has 3 N–H and O–H groups in total. The van der Waals surface area contributed by atoms with Crippen LogP contribution in [0.5, 0.6) is 0 Å². The van der Waals surface area contributed by atoms with Crippen molar-refractivity contribution in [2.75, 3.05) is 43.2 Å². The van der Waals surface area contributed by atoms with Crippen LogP contribution in [0.25, 0.3) is 11.3 Å². The summed E-state index contributed by atoms with van der Waals surface area (Å²) in [7, 11) is 5.62. The largest absolute Gasteiger partial charge is 0.481 e. The number of carboxylic acids is 1. The number of rotatable bonds is 10. The number of benzene rings is 3. The number of hydrogen-bond acceptors (Lipinski definition) is 5. The van der Waals surface area contributed by atoms with Crippen molar-refractivity contribution < 1.29 is 19.5 Å². The van der Waals surface area contributed by atoms with Gasteiger partial charge >= 0.3 is 5.97 Å². The van der Waals surface area contributed by atoms with Gasteiger partial charge in [-0.3, -0.25) is 14.4 Å². The van der Waals surface area contributed by atoms with Gasteiger partial charge in [0, 0.05) is 48.4 Å². The Hall–Kier alpha value is -4.14. The fourth-order valence-corrected chi connectivity index (χ4v) is 4.48. The second-order valence-corrected chi connectivity index (χ2v) is 10.1. The van der Waals surface area contributed by atoms with E-state index in [9.17, 15) is 14.4 Å². The molecule has 39 heavy (non-hydrogen) atoms. The molecule has 3 aromatic carbocycles. The van der Waals surface area contributed by atoms with Crippen LogP contribution in [0.1, 0.15) is 29.5 Å². The molecular formula is C30H31ClN4O4. The molecular weight excluding hydrogens is 516 g/mol. The number of anilines is 3. The van der Waals surface area contributed by atoms with E-state index in [2.05, 4.69) is 10.6 Å². The van der Waals surface area contributed by atoms with Crippen LogP contribution in [0.4, 0.5) is 17.1 Å². The zero-order chi connectivity index (χ0) is 28.1. The number of carboxylic acid groups (broad SMARTS) is 1. The van der Waals surface area contributed by atoms with E-state index in [4.69, 9.17) is 16.7 Å². The third-order valence-electron chi connectivity index (χ3n) is 6.52. The summed E-state index contributed by atoms with van der Waals surface area (Å²) in [6.45, 7) is 0.670. The predicted molar refractivity (Wildman–Crippen MR) is 156 cm³/mol. The van der Waals surface area contributed by atoms with Crippen LogP contribution in [0.3, 0.4) is 0 Å². The Morgan fingerprint density at radius 3 is 2.28 bits per heavy atom. The van der Waals surface area contributed by atoms with E-state index in [1.165, 1.54) is 0 Å². The number of nitrogens with one attached hydrogen (secondary N) is 2. The molecule has 0 saturated heterocycles. The molecule has 0 unspecified atom stereocenters. The van der Waals surface area contributed by atoms with Crippen LogP contribution < -0.4 is 15.5 Å². The number of fused-ring (bicyclic) bond motifs is 1. The van der Waals surface area contributed by atoms with E-state index in [1.54, 1.807) is 24.1 Å². The average molecular weight is 547 g/mol. The predicted octanol–water partition coefficient (Wildman–Crippen LogP) is 5.20. The number of halogens is 1. The topological polar surface area (TPSA) is 102 Å². The average Bonchev–Trinajstić information content (AvgIpc) is 3.23. The van der Waals surface area contributed by atoms with Crippen molar-refractivity contribution in [3.63, 3.8) is 0 Å². The van der Waals surface area contributed by atoms with Gasteiger partial charge in [0.25, 0.3) is 5.91 Å². The molecule has 0 radical (unpaired) electrons. The van der Waals surface area contributed by atoms with Crippen molar-refractivity contribution >= 4 is 57.7 Å². The third-order valence-corrected chi connectivity index (χ3v) is 6.75. The lowest BCUT2D eigenvalue weighted by Crippen LogP contribution is -2.29. The van der Waals surface area contributed by atoms with Gasteiger partial charge in [0.15, 0.2) is 0 Å². The number of carbonyl (C=O) groups is 3. The van der Waals surface area contributed by atoms with Gasteiger partial charge < -0.3 is 25.5 Å². The molecule has 9 heteroatoms. The van der Waals surface area contributed by atoms with Gasteiger partial charge in [-0.25, -0.2) is 0 Å². The monoisotopic (exact) mass is 546 g/mol. The number of carbonyl (C=O) groups excluding carboxylic acids is 2. The van der Waals surface area contributed by atoms with E-state index in [0.29, 0.717) is 41.4 Å². The zero-order valence-electron chi connectivity index (χ0n) is 22.1. The van der Waals surface area contributed by atoms with Crippen molar-refractivity contribution in [1.82, 2.24) is 4.90 Å². The molecule has 2 amide bonds. The molecule has 0 spiro atoms. The highest BCUT2D eigenvalue weighted by Crippen LogP contribution is 2.39. The lowest BCUT2D eigenvalue weighted by molar-refractivity contribution is -0.137. The number of nitrogens with zero attached hydrogens (tertiary/aromatic N) is 2. The minimum absolute atomic E-state index is 0.0214. The summed E-state index contributed by atoms with van der Waals surface area (Å²) in [5.74, 6) is -1.09. The standard InChI is InChI=1S/C30H31ClN4O4/c1-34(2)17-16-26(36)35(3)23-12-10-22(11-13-23)32-29(20-7-4-19(5-8-20)6-15-27(37)38)28-24-14-9-21(31)18-25(24)33-30(28)39/h4-5,7-14,18,32H,6,15-17H2,1-3H3,(H,33,39)(H,37,38)/b29-28-. The highest BCUT2D eigenvalue weighted by Gasteiger charge is 2.28. The minimum atomic E-state index is -0.852. The molecule has 3 aromatic rings. The van der Waals surface area contributed by atoms with Gasteiger partial charge in [-0.2, -0.15) is 0 Å². The molecule has 1 aliphatic rings. The first-order chi connectivity index (χ1) is 18.6. The van der Waals surface area contributed by atoms with Crippen molar-refractivity contribution in [2.45, 2.75) is 19.3 Å². The molecule has 0 saturated carbocycles. The molecule has 1 heterocycles. The van der Waals surface area contributed by atoms with E-state index in [1.807, 2.05) is 73.6 Å². The maximum atomic E-state index is 13.2. The van der Waals surface area contributed by atoms with Crippen molar-refractivity contribution in [3.05, 3.63) is 88.4 Å². The second kappa shape index (κ2) is 12.1. The quantitative estimate of drug-likeness (QED) is 0.302. The van der Waals surface area contributed by atoms with Gasteiger partial charge in [-0.05, 0) is 68.0 Å².